The molecule has 0 saturated heterocycles. The molecule has 2 aromatic rings. The van der Waals surface area contributed by atoms with E-state index in [0.717, 1.165) is 4.88 Å². The van der Waals surface area contributed by atoms with Crippen molar-refractivity contribution >= 4 is 22.9 Å². The molecule has 2 rings (SSSR count). The molecule has 0 aliphatic rings. The predicted octanol–water partition coefficient (Wildman–Crippen LogP) is 2.84. The summed E-state index contributed by atoms with van der Waals surface area (Å²) in [4.78, 5) is 15.2. The molecule has 0 saturated carbocycles. The van der Waals surface area contributed by atoms with E-state index in [0.29, 0.717) is 13.1 Å². The summed E-state index contributed by atoms with van der Waals surface area (Å²) < 4.78 is 13.6. The van der Waals surface area contributed by atoms with Crippen LogP contribution in [0.2, 0.25) is 0 Å². The Bertz CT molecular complexity index is 586. The lowest BCUT2D eigenvalue weighted by Gasteiger charge is -2.21. The van der Waals surface area contributed by atoms with Crippen LogP contribution in [0.3, 0.4) is 0 Å². The van der Waals surface area contributed by atoms with E-state index in [-0.39, 0.29) is 17.2 Å². The van der Waals surface area contributed by atoms with Crippen LogP contribution in [-0.2, 0) is 6.54 Å². The molecule has 0 radical (unpaired) electrons. The second-order valence-electron chi connectivity index (χ2n) is 4.21. The molecule has 0 aliphatic carbocycles. The van der Waals surface area contributed by atoms with Gasteiger partial charge in [0.25, 0.3) is 5.91 Å². The predicted molar refractivity (Wildman–Crippen MR) is 78.9 cm³/mol. The number of hydrogen-bond donors (Lipinski definition) is 2. The molecular formula is C14H16FN3OS. The first-order valence-electron chi connectivity index (χ1n) is 6.24. The topological polar surface area (TPSA) is 58.4 Å². The molecule has 1 heterocycles. The van der Waals surface area contributed by atoms with E-state index >= 15 is 0 Å². The summed E-state index contributed by atoms with van der Waals surface area (Å²) in [5, 5.41) is 1.96. The molecule has 1 aromatic carbocycles. The Kier molecular flexibility index (Phi) is 4.70. The summed E-state index contributed by atoms with van der Waals surface area (Å²) in [6.07, 6.45) is 0. The maximum absolute atomic E-state index is 13.6. The van der Waals surface area contributed by atoms with Gasteiger partial charge in [0.2, 0.25) is 0 Å². The van der Waals surface area contributed by atoms with Gasteiger partial charge < -0.3 is 10.3 Å². The number of thiophene rings is 1. The lowest BCUT2D eigenvalue weighted by molar-refractivity contribution is 0.0754. The van der Waals surface area contributed by atoms with Crippen molar-refractivity contribution in [2.45, 2.75) is 13.5 Å². The highest BCUT2D eigenvalue weighted by Gasteiger charge is 2.20. The fourth-order valence-electron chi connectivity index (χ4n) is 1.94. The zero-order valence-corrected chi connectivity index (χ0v) is 11.9. The fraction of sp³-hybridized carbons (Fsp3) is 0.214. The van der Waals surface area contributed by atoms with Crippen molar-refractivity contribution in [1.29, 1.82) is 0 Å². The lowest BCUT2D eigenvalue weighted by Crippen LogP contribution is -2.31. The van der Waals surface area contributed by atoms with Gasteiger partial charge in [-0.2, -0.15) is 0 Å². The van der Waals surface area contributed by atoms with Crippen LogP contribution in [0, 0.1) is 5.82 Å². The van der Waals surface area contributed by atoms with Crippen LogP contribution in [0.4, 0.5) is 10.1 Å². The first-order chi connectivity index (χ1) is 9.67. The third-order valence-electron chi connectivity index (χ3n) is 2.98. The zero-order chi connectivity index (χ0) is 14.5. The summed E-state index contributed by atoms with van der Waals surface area (Å²) in [7, 11) is 0. The summed E-state index contributed by atoms with van der Waals surface area (Å²) in [5.74, 6) is 4.53. The van der Waals surface area contributed by atoms with Gasteiger partial charge >= 0.3 is 0 Å². The van der Waals surface area contributed by atoms with Crippen molar-refractivity contribution in [3.8, 4) is 0 Å². The highest BCUT2D eigenvalue weighted by Crippen LogP contribution is 2.22. The number of hydrazine groups is 1. The van der Waals surface area contributed by atoms with E-state index in [9.17, 15) is 9.18 Å². The Morgan fingerprint density at radius 1 is 1.40 bits per heavy atom. The quantitative estimate of drug-likeness (QED) is 0.658. The molecule has 0 fully saturated rings. The molecule has 0 spiro atoms. The van der Waals surface area contributed by atoms with E-state index in [1.54, 1.807) is 22.3 Å². The number of carbonyl (C=O) groups excluding carboxylic acids is 1. The summed E-state index contributed by atoms with van der Waals surface area (Å²) >= 11 is 1.58. The normalized spacial score (nSPS) is 10.3. The Balaban J connectivity index is 2.27. The number of amides is 1. The van der Waals surface area contributed by atoms with Gasteiger partial charge in [0.15, 0.2) is 0 Å². The third kappa shape index (κ3) is 2.97. The Labute approximate surface area is 121 Å². The fourth-order valence-corrected chi connectivity index (χ4v) is 2.66. The average molecular weight is 293 g/mol. The molecule has 6 heteroatoms. The first kappa shape index (κ1) is 14.5. The maximum atomic E-state index is 13.6. The number of anilines is 1. The highest BCUT2D eigenvalue weighted by molar-refractivity contribution is 7.09. The van der Waals surface area contributed by atoms with E-state index < -0.39 is 5.82 Å². The summed E-state index contributed by atoms with van der Waals surface area (Å²) in [6, 6.07) is 8.24. The van der Waals surface area contributed by atoms with Gasteiger partial charge in [-0.25, -0.2) is 4.39 Å². The Morgan fingerprint density at radius 3 is 2.80 bits per heavy atom. The highest BCUT2D eigenvalue weighted by atomic mass is 32.1. The van der Waals surface area contributed by atoms with Gasteiger partial charge in [-0.15, -0.1) is 11.3 Å². The zero-order valence-electron chi connectivity index (χ0n) is 11.1. The molecule has 0 aliphatic heterocycles. The van der Waals surface area contributed by atoms with Crippen LogP contribution in [0.5, 0.6) is 0 Å². The minimum atomic E-state index is -0.537. The number of nitrogens with one attached hydrogen (secondary N) is 1. The lowest BCUT2D eigenvalue weighted by atomic mass is 10.1. The standard InChI is InChI=1S/C14H16FN3OS/c1-2-18(9-10-5-4-8-20-10)14(19)11-6-3-7-12(15)13(11)17-16/h3-8,17H,2,9,16H2,1H3. The first-order valence-corrected chi connectivity index (χ1v) is 7.12. The van der Waals surface area contributed by atoms with E-state index in [1.807, 2.05) is 24.4 Å². The van der Waals surface area contributed by atoms with Crippen LogP contribution in [-0.4, -0.2) is 17.4 Å². The van der Waals surface area contributed by atoms with Gasteiger partial charge in [-0.05, 0) is 30.5 Å². The number of para-hydroxylation sites is 1. The Morgan fingerprint density at radius 2 is 2.20 bits per heavy atom. The van der Waals surface area contributed by atoms with Gasteiger partial charge in [0.05, 0.1) is 17.8 Å². The van der Waals surface area contributed by atoms with Crippen molar-refractivity contribution in [1.82, 2.24) is 4.90 Å². The van der Waals surface area contributed by atoms with Crippen molar-refractivity contribution < 1.29 is 9.18 Å². The monoisotopic (exact) mass is 293 g/mol. The number of hydrogen-bond acceptors (Lipinski definition) is 4. The molecule has 0 unspecified atom stereocenters. The van der Waals surface area contributed by atoms with Gasteiger partial charge in [-0.1, -0.05) is 12.1 Å². The average Bonchev–Trinajstić information content (AvgIpc) is 2.96. The molecular weight excluding hydrogens is 277 g/mol. The number of halogens is 1. The number of nitrogens with zero attached hydrogens (tertiary/aromatic N) is 1. The Hall–Kier alpha value is -1.92. The van der Waals surface area contributed by atoms with Gasteiger partial charge in [0, 0.05) is 11.4 Å². The van der Waals surface area contributed by atoms with Crippen molar-refractivity contribution in [2.75, 3.05) is 12.0 Å². The third-order valence-corrected chi connectivity index (χ3v) is 3.85. The van der Waals surface area contributed by atoms with Crippen LogP contribution >= 0.6 is 11.3 Å². The minimum Gasteiger partial charge on any atom is -0.334 e. The van der Waals surface area contributed by atoms with Crippen LogP contribution in [0.1, 0.15) is 22.2 Å². The molecule has 0 bridgehead atoms. The van der Waals surface area contributed by atoms with Crippen LogP contribution in [0.25, 0.3) is 0 Å². The summed E-state index contributed by atoms with van der Waals surface area (Å²) in [5.41, 5.74) is 2.53. The molecule has 4 nitrogen and oxygen atoms in total. The molecule has 1 amide bonds. The second kappa shape index (κ2) is 6.49. The van der Waals surface area contributed by atoms with E-state index in [4.69, 9.17) is 5.84 Å². The van der Waals surface area contributed by atoms with Crippen LogP contribution in [0.15, 0.2) is 35.7 Å². The van der Waals surface area contributed by atoms with E-state index in [1.165, 1.54) is 12.1 Å². The molecule has 0 atom stereocenters. The number of benzene rings is 1. The largest absolute Gasteiger partial charge is 0.334 e. The summed E-state index contributed by atoms with van der Waals surface area (Å²) in [6.45, 7) is 2.94. The number of nitrogen functional groups attached to an aromatic ring is 1. The number of nitrogens with two attached hydrogens (primary N) is 1. The second-order valence-corrected chi connectivity index (χ2v) is 5.24. The van der Waals surface area contributed by atoms with E-state index in [2.05, 4.69) is 5.43 Å². The molecule has 20 heavy (non-hydrogen) atoms. The van der Waals surface area contributed by atoms with Gasteiger partial charge in [-0.3, -0.25) is 10.6 Å². The van der Waals surface area contributed by atoms with Crippen LogP contribution < -0.4 is 11.3 Å². The van der Waals surface area contributed by atoms with Crippen molar-refractivity contribution in [3.63, 3.8) is 0 Å². The minimum absolute atomic E-state index is 0.0297. The van der Waals surface area contributed by atoms with Crippen molar-refractivity contribution in [3.05, 3.63) is 52.0 Å². The smallest absolute Gasteiger partial charge is 0.256 e. The number of carbonyl (C=O) groups is 1. The molecule has 106 valence electrons. The molecule has 1 aromatic heterocycles. The SMILES string of the molecule is CCN(Cc1cccs1)C(=O)c1cccc(F)c1NN. The van der Waals surface area contributed by atoms with Crippen molar-refractivity contribution in [2.24, 2.45) is 5.84 Å². The van der Waals surface area contributed by atoms with Gasteiger partial charge in [0.1, 0.15) is 5.82 Å². The number of rotatable bonds is 5. The molecule has 3 N–H and O–H groups in total. The maximum Gasteiger partial charge on any atom is 0.256 e.